The number of fused-ring (bicyclic) bond motifs is 7. The molecular weight excluding hydrogens is 619 g/mol. The number of nitrogens with zero attached hydrogens (tertiary/aromatic N) is 3. The Bertz CT molecular complexity index is 2640. The molecule has 0 N–H and O–H groups in total. The minimum Gasteiger partial charge on any atom is -0.311 e. The lowest BCUT2D eigenvalue weighted by Crippen LogP contribution is -2.16. The smallest absolute Gasteiger partial charge is 0.0991 e. The highest BCUT2D eigenvalue weighted by Gasteiger charge is 2.38. The summed E-state index contributed by atoms with van der Waals surface area (Å²) in [6.45, 7) is 4.76. The van der Waals surface area contributed by atoms with Gasteiger partial charge >= 0.3 is 0 Å². The number of rotatable bonds is 6. The molecule has 242 valence electrons. The van der Waals surface area contributed by atoms with Crippen LogP contribution in [-0.4, -0.2) is 4.57 Å². The minimum atomic E-state index is -0.192. The van der Waals surface area contributed by atoms with Crippen LogP contribution in [0, 0.1) is 11.3 Å². The summed E-state index contributed by atoms with van der Waals surface area (Å²) in [5.41, 5.74) is 15.0. The van der Waals surface area contributed by atoms with E-state index in [1.807, 2.05) is 42.5 Å². The summed E-state index contributed by atoms with van der Waals surface area (Å²) in [5, 5.41) is 11.9. The van der Waals surface area contributed by atoms with Crippen LogP contribution in [0.4, 0.5) is 17.1 Å². The first-order chi connectivity index (χ1) is 25.0. The van der Waals surface area contributed by atoms with Crippen LogP contribution in [0.1, 0.15) is 41.7 Å². The van der Waals surface area contributed by atoms with E-state index in [0.29, 0.717) is 5.56 Å². The van der Waals surface area contributed by atoms with Crippen LogP contribution in [0.5, 0.6) is 0 Å². The standard InChI is InChI=1S/C48H35N3/c1-48(2)44-31-34(18-17-33-19-24-38(25-20-33)50(36-11-5-3-6-12-36)39-26-21-35(32-49)22-27-39)23-28-40(44)42-29-30-43-41-15-9-10-16-45(41)51(47(43)46(42)48)37-13-7-4-8-14-37/h3-31H,1-2H3. The number of aromatic nitrogens is 1. The third kappa shape index (κ3) is 5.04. The lowest BCUT2D eigenvalue weighted by Gasteiger charge is -2.25. The average molecular weight is 654 g/mol. The van der Waals surface area contributed by atoms with Crippen molar-refractivity contribution in [2.45, 2.75) is 19.3 Å². The molecule has 0 atom stereocenters. The van der Waals surface area contributed by atoms with Gasteiger partial charge in [-0.25, -0.2) is 0 Å². The second kappa shape index (κ2) is 12.1. The predicted molar refractivity (Wildman–Crippen MR) is 213 cm³/mol. The van der Waals surface area contributed by atoms with Gasteiger partial charge in [0.25, 0.3) is 0 Å². The van der Waals surface area contributed by atoms with Crippen molar-refractivity contribution in [1.82, 2.24) is 4.57 Å². The molecule has 8 aromatic rings. The first kappa shape index (κ1) is 30.4. The van der Waals surface area contributed by atoms with Gasteiger partial charge in [-0.15, -0.1) is 0 Å². The lowest BCUT2D eigenvalue weighted by atomic mass is 9.81. The molecule has 0 radical (unpaired) electrons. The highest BCUT2D eigenvalue weighted by atomic mass is 15.1. The van der Waals surface area contributed by atoms with E-state index < -0.39 is 0 Å². The fourth-order valence-electron chi connectivity index (χ4n) is 7.95. The molecule has 0 saturated heterocycles. The van der Waals surface area contributed by atoms with Crippen LogP contribution >= 0.6 is 0 Å². The lowest BCUT2D eigenvalue weighted by molar-refractivity contribution is 0.663. The van der Waals surface area contributed by atoms with E-state index in [2.05, 4.69) is 163 Å². The summed E-state index contributed by atoms with van der Waals surface area (Å²) >= 11 is 0. The van der Waals surface area contributed by atoms with E-state index in [1.165, 1.54) is 55.3 Å². The van der Waals surface area contributed by atoms with Gasteiger partial charge in [-0.2, -0.15) is 5.26 Å². The highest BCUT2D eigenvalue weighted by Crippen LogP contribution is 2.53. The van der Waals surface area contributed by atoms with Gasteiger partial charge in [0.2, 0.25) is 0 Å². The first-order valence-electron chi connectivity index (χ1n) is 17.4. The van der Waals surface area contributed by atoms with Crippen LogP contribution in [0.25, 0.3) is 50.8 Å². The summed E-state index contributed by atoms with van der Waals surface area (Å²) in [5.74, 6) is 0. The second-order valence-corrected chi connectivity index (χ2v) is 13.8. The van der Waals surface area contributed by atoms with Gasteiger partial charge < -0.3 is 9.47 Å². The Labute approximate surface area is 298 Å². The fraction of sp³-hybridized carbons (Fsp3) is 0.0625. The molecule has 0 bridgehead atoms. The maximum atomic E-state index is 9.32. The SMILES string of the molecule is CC1(C)c2cc(C=Cc3ccc(N(c4ccccc4)c4ccc(C#N)cc4)cc3)ccc2-c2ccc3c4ccccc4n(-c4ccccc4)c3c21. The average Bonchev–Trinajstić information content (AvgIpc) is 3.64. The molecule has 51 heavy (non-hydrogen) atoms. The van der Waals surface area contributed by atoms with Crippen molar-refractivity contribution >= 4 is 51.0 Å². The van der Waals surface area contributed by atoms with E-state index in [9.17, 15) is 5.26 Å². The molecule has 9 rings (SSSR count). The molecule has 1 aromatic heterocycles. The topological polar surface area (TPSA) is 32.0 Å². The molecule has 1 aliphatic rings. The third-order valence-corrected chi connectivity index (χ3v) is 10.4. The van der Waals surface area contributed by atoms with E-state index in [4.69, 9.17) is 0 Å². The van der Waals surface area contributed by atoms with Crippen molar-refractivity contribution in [3.8, 4) is 22.9 Å². The monoisotopic (exact) mass is 653 g/mol. The summed E-state index contributed by atoms with van der Waals surface area (Å²) < 4.78 is 2.46. The number of benzene rings is 7. The molecule has 0 aliphatic heterocycles. The number of nitriles is 1. The van der Waals surface area contributed by atoms with Gasteiger partial charge in [-0.05, 0) is 100 Å². The Kier molecular flexibility index (Phi) is 7.19. The molecule has 1 aliphatic carbocycles. The molecule has 0 saturated carbocycles. The van der Waals surface area contributed by atoms with Crippen LogP contribution < -0.4 is 4.90 Å². The van der Waals surface area contributed by atoms with E-state index >= 15 is 0 Å². The van der Waals surface area contributed by atoms with Crippen LogP contribution in [0.2, 0.25) is 0 Å². The maximum Gasteiger partial charge on any atom is 0.0991 e. The summed E-state index contributed by atoms with van der Waals surface area (Å²) in [7, 11) is 0. The van der Waals surface area contributed by atoms with Crippen LogP contribution in [-0.2, 0) is 5.41 Å². The van der Waals surface area contributed by atoms with Crippen molar-refractivity contribution in [2.24, 2.45) is 0 Å². The van der Waals surface area contributed by atoms with Gasteiger partial charge in [0, 0.05) is 38.9 Å². The molecule has 3 heteroatoms. The molecule has 0 amide bonds. The molecule has 0 unspecified atom stereocenters. The largest absolute Gasteiger partial charge is 0.311 e. The Morgan fingerprint density at radius 1 is 0.569 bits per heavy atom. The Hall–Kier alpha value is -6.63. The molecule has 7 aromatic carbocycles. The first-order valence-corrected chi connectivity index (χ1v) is 17.4. The second-order valence-electron chi connectivity index (χ2n) is 13.8. The van der Waals surface area contributed by atoms with Crippen molar-refractivity contribution in [3.63, 3.8) is 0 Å². The normalized spacial score (nSPS) is 13.0. The summed E-state index contributed by atoms with van der Waals surface area (Å²) in [6, 6.07) is 60.0. The van der Waals surface area contributed by atoms with Crippen LogP contribution in [0.15, 0.2) is 164 Å². The zero-order valence-corrected chi connectivity index (χ0v) is 28.6. The number of hydrogen-bond donors (Lipinski definition) is 0. The minimum absolute atomic E-state index is 0.192. The predicted octanol–water partition coefficient (Wildman–Crippen LogP) is 12.6. The summed E-state index contributed by atoms with van der Waals surface area (Å²) in [6.07, 6.45) is 4.42. The Balaban J connectivity index is 1.06. The van der Waals surface area contributed by atoms with Gasteiger partial charge in [-0.1, -0.05) is 123 Å². The van der Waals surface area contributed by atoms with Gasteiger partial charge in [0.15, 0.2) is 0 Å². The van der Waals surface area contributed by atoms with Gasteiger partial charge in [0.05, 0.1) is 22.7 Å². The van der Waals surface area contributed by atoms with Gasteiger partial charge in [0.1, 0.15) is 0 Å². The highest BCUT2D eigenvalue weighted by molar-refractivity contribution is 6.13. The van der Waals surface area contributed by atoms with Crippen molar-refractivity contribution in [2.75, 3.05) is 4.90 Å². The molecular formula is C48H35N3. The van der Waals surface area contributed by atoms with Gasteiger partial charge in [-0.3, -0.25) is 0 Å². The van der Waals surface area contributed by atoms with E-state index in [1.54, 1.807) is 0 Å². The number of hydrogen-bond acceptors (Lipinski definition) is 2. The molecule has 1 heterocycles. The van der Waals surface area contributed by atoms with Crippen molar-refractivity contribution in [3.05, 3.63) is 192 Å². The van der Waals surface area contributed by atoms with Crippen molar-refractivity contribution < 1.29 is 0 Å². The third-order valence-electron chi connectivity index (χ3n) is 10.4. The summed E-state index contributed by atoms with van der Waals surface area (Å²) in [4.78, 5) is 2.21. The van der Waals surface area contributed by atoms with E-state index in [-0.39, 0.29) is 5.41 Å². The van der Waals surface area contributed by atoms with Crippen molar-refractivity contribution in [1.29, 1.82) is 5.26 Å². The zero-order chi connectivity index (χ0) is 34.5. The Morgan fingerprint density at radius 2 is 1.16 bits per heavy atom. The van der Waals surface area contributed by atoms with Crippen LogP contribution in [0.3, 0.4) is 0 Å². The molecule has 3 nitrogen and oxygen atoms in total. The maximum absolute atomic E-state index is 9.32. The number of anilines is 3. The quantitative estimate of drug-likeness (QED) is 0.167. The van der Waals surface area contributed by atoms with E-state index in [0.717, 1.165) is 22.6 Å². The molecule has 0 fully saturated rings. The number of para-hydroxylation sites is 3. The fourth-order valence-corrected chi connectivity index (χ4v) is 7.95. The zero-order valence-electron chi connectivity index (χ0n) is 28.6. The molecule has 0 spiro atoms. The Morgan fingerprint density at radius 3 is 1.88 bits per heavy atom.